The van der Waals surface area contributed by atoms with Crippen molar-refractivity contribution in [2.45, 2.75) is 20.3 Å². The molecule has 5 heteroatoms. The summed E-state index contributed by atoms with van der Waals surface area (Å²) in [5.74, 6) is 1.24. The van der Waals surface area contributed by atoms with Crippen LogP contribution in [0.4, 0.5) is 0 Å². The molecule has 4 nitrogen and oxygen atoms in total. The fraction of sp³-hybridized carbons (Fsp3) is 0.667. The lowest BCUT2D eigenvalue weighted by Gasteiger charge is -2.35. The van der Waals surface area contributed by atoms with Gasteiger partial charge in [0.2, 0.25) is 0 Å². The molecule has 0 saturated carbocycles. The van der Waals surface area contributed by atoms with Crippen LogP contribution in [-0.2, 0) is 7.05 Å². The molecule has 0 unspecified atom stereocenters. The van der Waals surface area contributed by atoms with E-state index in [1.165, 1.54) is 6.42 Å². The van der Waals surface area contributed by atoms with Crippen molar-refractivity contribution in [3.8, 4) is 0 Å². The molecule has 2 rings (SSSR count). The van der Waals surface area contributed by atoms with Crippen molar-refractivity contribution >= 4 is 21.8 Å². The summed E-state index contributed by atoms with van der Waals surface area (Å²) in [5.41, 5.74) is 0.645. The Morgan fingerprint density at radius 2 is 2.00 bits per heavy atom. The smallest absolute Gasteiger partial charge is 0.273 e. The van der Waals surface area contributed by atoms with Crippen LogP contribution in [0.1, 0.15) is 30.8 Å². The fourth-order valence-corrected chi connectivity index (χ4v) is 3.15. The lowest BCUT2D eigenvalue weighted by Crippen LogP contribution is -2.43. The van der Waals surface area contributed by atoms with E-state index in [-0.39, 0.29) is 5.91 Å². The minimum absolute atomic E-state index is 0.0790. The summed E-state index contributed by atoms with van der Waals surface area (Å²) in [6, 6.07) is 0. The van der Waals surface area contributed by atoms with E-state index in [2.05, 4.69) is 34.9 Å². The highest BCUT2D eigenvalue weighted by Crippen LogP contribution is 2.24. The predicted octanol–water partition coefficient (Wildman–Crippen LogP) is 2.30. The molecule has 17 heavy (non-hydrogen) atoms. The van der Waals surface area contributed by atoms with E-state index in [4.69, 9.17) is 0 Å². The Morgan fingerprint density at radius 1 is 1.41 bits per heavy atom. The van der Waals surface area contributed by atoms with Gasteiger partial charge in [-0.15, -0.1) is 0 Å². The molecule has 1 fully saturated rings. The lowest BCUT2D eigenvalue weighted by atomic mass is 9.92. The molecule has 1 aromatic heterocycles. The minimum atomic E-state index is 0.0790. The van der Waals surface area contributed by atoms with Crippen LogP contribution < -0.4 is 0 Å². The first kappa shape index (κ1) is 12.6. The van der Waals surface area contributed by atoms with Crippen LogP contribution in [0, 0.1) is 11.8 Å². The maximum Gasteiger partial charge on any atom is 0.273 e. The van der Waals surface area contributed by atoms with Crippen LogP contribution >= 0.6 is 15.9 Å². The molecule has 2 atom stereocenters. The van der Waals surface area contributed by atoms with Gasteiger partial charge in [-0.3, -0.25) is 9.48 Å². The number of carbonyl (C=O) groups is 1. The Morgan fingerprint density at radius 3 is 2.47 bits per heavy atom. The molecule has 0 N–H and O–H groups in total. The van der Waals surface area contributed by atoms with Crippen molar-refractivity contribution < 1.29 is 4.79 Å². The molecule has 1 aromatic rings. The van der Waals surface area contributed by atoms with Gasteiger partial charge in [0, 0.05) is 20.1 Å². The molecule has 1 aliphatic heterocycles. The maximum absolute atomic E-state index is 12.4. The van der Waals surface area contributed by atoms with E-state index in [0.29, 0.717) is 17.5 Å². The van der Waals surface area contributed by atoms with Crippen molar-refractivity contribution in [3.05, 3.63) is 16.4 Å². The molecule has 0 spiro atoms. The number of piperidine rings is 1. The fourth-order valence-electron chi connectivity index (χ4n) is 2.63. The monoisotopic (exact) mass is 299 g/mol. The molecule has 2 heterocycles. The largest absolute Gasteiger partial charge is 0.337 e. The third kappa shape index (κ3) is 2.54. The van der Waals surface area contributed by atoms with Crippen LogP contribution in [-0.4, -0.2) is 33.7 Å². The maximum atomic E-state index is 12.4. The van der Waals surface area contributed by atoms with E-state index >= 15 is 0 Å². The number of halogens is 1. The molecule has 0 bridgehead atoms. The molecule has 1 aliphatic rings. The zero-order chi connectivity index (χ0) is 12.6. The van der Waals surface area contributed by atoms with E-state index in [9.17, 15) is 4.79 Å². The number of nitrogens with zero attached hydrogens (tertiary/aromatic N) is 3. The highest BCUT2D eigenvalue weighted by molar-refractivity contribution is 9.10. The number of carbonyl (C=O) groups excluding carboxylic acids is 1. The highest BCUT2D eigenvalue weighted by atomic mass is 79.9. The summed E-state index contributed by atoms with van der Waals surface area (Å²) in [6.07, 6.45) is 2.88. The molecule has 0 radical (unpaired) electrons. The SMILES string of the molecule is C[C@@H]1C[C@H](C)CN(C(=O)c2c(Br)cnn2C)C1. The Hall–Kier alpha value is -0.840. The van der Waals surface area contributed by atoms with Crippen molar-refractivity contribution in [2.24, 2.45) is 18.9 Å². The van der Waals surface area contributed by atoms with Gasteiger partial charge in [0.25, 0.3) is 5.91 Å². The van der Waals surface area contributed by atoms with E-state index in [0.717, 1.165) is 17.6 Å². The second kappa shape index (κ2) is 4.80. The summed E-state index contributed by atoms with van der Waals surface area (Å²) in [5, 5.41) is 4.09. The molecule has 0 aliphatic carbocycles. The summed E-state index contributed by atoms with van der Waals surface area (Å²) in [4.78, 5) is 14.4. The molecule has 94 valence electrons. The standard InChI is InChI=1S/C12H18BrN3O/c1-8-4-9(2)7-16(6-8)12(17)11-10(13)5-14-15(11)3/h5,8-9H,4,6-7H2,1-3H3/t8-,9+. The van der Waals surface area contributed by atoms with Gasteiger partial charge in [-0.05, 0) is 34.2 Å². The van der Waals surface area contributed by atoms with Gasteiger partial charge in [0.15, 0.2) is 0 Å². The molecule has 1 amide bonds. The second-order valence-electron chi connectivity index (χ2n) is 5.12. The van der Waals surface area contributed by atoms with Gasteiger partial charge in [-0.2, -0.15) is 5.10 Å². The molecule has 0 aromatic carbocycles. The molecule has 1 saturated heterocycles. The number of rotatable bonds is 1. The third-order valence-corrected chi connectivity index (χ3v) is 3.83. The number of amides is 1. The summed E-state index contributed by atoms with van der Waals surface area (Å²) in [6.45, 7) is 6.10. The Bertz CT molecular complexity index is 400. The Balaban J connectivity index is 2.20. The van der Waals surface area contributed by atoms with Crippen LogP contribution in [0.5, 0.6) is 0 Å². The summed E-state index contributed by atoms with van der Waals surface area (Å²) >= 11 is 3.38. The first-order chi connectivity index (χ1) is 7.99. The number of likely N-dealkylation sites (tertiary alicyclic amines) is 1. The lowest BCUT2D eigenvalue weighted by molar-refractivity contribution is 0.0611. The van der Waals surface area contributed by atoms with Crippen LogP contribution in [0.25, 0.3) is 0 Å². The van der Waals surface area contributed by atoms with Crippen molar-refractivity contribution in [3.63, 3.8) is 0 Å². The molecular formula is C12H18BrN3O. The number of aromatic nitrogens is 2. The van der Waals surface area contributed by atoms with Crippen molar-refractivity contribution in [1.29, 1.82) is 0 Å². The predicted molar refractivity (Wildman–Crippen MR) is 69.8 cm³/mol. The van der Waals surface area contributed by atoms with Crippen molar-refractivity contribution in [1.82, 2.24) is 14.7 Å². The van der Waals surface area contributed by atoms with Crippen LogP contribution in [0.3, 0.4) is 0 Å². The van der Waals surface area contributed by atoms with Crippen molar-refractivity contribution in [2.75, 3.05) is 13.1 Å². The van der Waals surface area contributed by atoms with Gasteiger partial charge >= 0.3 is 0 Å². The highest BCUT2D eigenvalue weighted by Gasteiger charge is 2.28. The van der Waals surface area contributed by atoms with Gasteiger partial charge in [-0.1, -0.05) is 13.8 Å². The molecular weight excluding hydrogens is 282 g/mol. The van der Waals surface area contributed by atoms with Gasteiger partial charge in [0.1, 0.15) is 5.69 Å². The summed E-state index contributed by atoms with van der Waals surface area (Å²) < 4.78 is 2.41. The topological polar surface area (TPSA) is 38.1 Å². The summed E-state index contributed by atoms with van der Waals surface area (Å²) in [7, 11) is 1.80. The Labute approximate surface area is 110 Å². The number of aryl methyl sites for hydroxylation is 1. The number of hydrogen-bond donors (Lipinski definition) is 0. The van der Waals surface area contributed by atoms with Gasteiger partial charge in [-0.25, -0.2) is 0 Å². The van der Waals surface area contributed by atoms with Crippen LogP contribution in [0.15, 0.2) is 10.7 Å². The average molecular weight is 300 g/mol. The minimum Gasteiger partial charge on any atom is -0.337 e. The van der Waals surface area contributed by atoms with Gasteiger partial charge < -0.3 is 4.90 Å². The third-order valence-electron chi connectivity index (χ3n) is 3.25. The van der Waals surface area contributed by atoms with E-state index in [1.54, 1.807) is 17.9 Å². The van der Waals surface area contributed by atoms with E-state index < -0.39 is 0 Å². The first-order valence-corrected chi connectivity index (χ1v) is 6.75. The number of hydrogen-bond acceptors (Lipinski definition) is 2. The second-order valence-corrected chi connectivity index (χ2v) is 5.98. The zero-order valence-corrected chi connectivity index (χ0v) is 12.1. The average Bonchev–Trinajstić information content (AvgIpc) is 2.56. The zero-order valence-electron chi connectivity index (χ0n) is 10.5. The Kier molecular flexibility index (Phi) is 3.56. The van der Waals surface area contributed by atoms with Gasteiger partial charge in [0.05, 0.1) is 10.7 Å². The normalized spacial score (nSPS) is 25.1. The van der Waals surface area contributed by atoms with Crippen LogP contribution in [0.2, 0.25) is 0 Å². The first-order valence-electron chi connectivity index (χ1n) is 5.95. The quantitative estimate of drug-likeness (QED) is 0.798. The van der Waals surface area contributed by atoms with E-state index in [1.807, 2.05) is 4.90 Å².